The third kappa shape index (κ3) is 2.54. The normalized spacial score (nSPS) is 10.2. The fourth-order valence-electron chi connectivity index (χ4n) is 0.883. The molecule has 0 unspecified atom stereocenters. The molecule has 0 N–H and O–H groups in total. The van der Waals surface area contributed by atoms with Crippen LogP contribution in [-0.2, 0) is 11.8 Å². The summed E-state index contributed by atoms with van der Waals surface area (Å²) in [5, 5.41) is 3.98. The van der Waals surface area contributed by atoms with Crippen LogP contribution in [0.15, 0.2) is 12.3 Å². The zero-order chi connectivity index (χ0) is 8.81. The molecule has 0 aliphatic carbocycles. The van der Waals surface area contributed by atoms with Crippen molar-refractivity contribution >= 4 is 0 Å². The van der Waals surface area contributed by atoms with Crippen LogP contribution in [-0.4, -0.2) is 30.1 Å². The first-order valence-corrected chi connectivity index (χ1v) is 3.94. The first-order chi connectivity index (χ1) is 5.84. The van der Waals surface area contributed by atoms with Gasteiger partial charge in [0, 0.05) is 33.3 Å². The van der Waals surface area contributed by atoms with Gasteiger partial charge in [0.05, 0.1) is 12.8 Å². The van der Waals surface area contributed by atoms with E-state index in [1.807, 2.05) is 13.1 Å². The highest BCUT2D eigenvalue weighted by Gasteiger charge is 1.97. The summed E-state index contributed by atoms with van der Waals surface area (Å²) in [7, 11) is 3.54. The van der Waals surface area contributed by atoms with Gasteiger partial charge in [0.15, 0.2) is 0 Å². The van der Waals surface area contributed by atoms with Crippen molar-refractivity contribution in [3.8, 4) is 5.88 Å². The molecule has 0 atom stereocenters. The molecule has 12 heavy (non-hydrogen) atoms. The predicted molar refractivity (Wildman–Crippen MR) is 45.2 cm³/mol. The molecule has 1 heterocycles. The van der Waals surface area contributed by atoms with Crippen molar-refractivity contribution in [3.63, 3.8) is 0 Å². The van der Waals surface area contributed by atoms with Crippen molar-refractivity contribution in [2.75, 3.05) is 20.3 Å². The van der Waals surface area contributed by atoms with E-state index in [1.165, 1.54) is 0 Å². The first kappa shape index (κ1) is 9.06. The van der Waals surface area contributed by atoms with E-state index in [0.717, 1.165) is 18.9 Å². The van der Waals surface area contributed by atoms with Gasteiger partial charge in [-0.1, -0.05) is 0 Å². The molecule has 0 spiro atoms. The molecule has 0 aliphatic heterocycles. The quantitative estimate of drug-likeness (QED) is 0.614. The molecule has 4 nitrogen and oxygen atoms in total. The van der Waals surface area contributed by atoms with E-state index in [1.54, 1.807) is 18.0 Å². The molecule has 0 aromatic carbocycles. The topological polar surface area (TPSA) is 36.3 Å². The fourth-order valence-corrected chi connectivity index (χ4v) is 0.883. The maximum absolute atomic E-state index is 5.40. The number of methoxy groups -OCH3 is 1. The zero-order valence-electron chi connectivity index (χ0n) is 7.49. The van der Waals surface area contributed by atoms with Crippen LogP contribution in [0.2, 0.25) is 0 Å². The monoisotopic (exact) mass is 170 g/mol. The van der Waals surface area contributed by atoms with Gasteiger partial charge in [0.2, 0.25) is 5.88 Å². The van der Waals surface area contributed by atoms with Crippen molar-refractivity contribution in [2.45, 2.75) is 6.42 Å². The molecule has 1 aromatic rings. The van der Waals surface area contributed by atoms with Gasteiger partial charge in [-0.05, 0) is 0 Å². The summed E-state index contributed by atoms with van der Waals surface area (Å²) in [5.41, 5.74) is 0. The second-order valence-electron chi connectivity index (χ2n) is 2.49. The van der Waals surface area contributed by atoms with Crippen LogP contribution in [0.25, 0.3) is 0 Å². The number of aryl methyl sites for hydroxylation is 1. The molecule has 0 radical (unpaired) electrons. The van der Waals surface area contributed by atoms with Gasteiger partial charge in [-0.3, -0.25) is 0 Å². The summed E-state index contributed by atoms with van der Waals surface area (Å²) in [6.07, 6.45) is 2.62. The molecule has 1 rings (SSSR count). The Labute approximate surface area is 72.1 Å². The highest BCUT2D eigenvalue weighted by molar-refractivity contribution is 5.06. The Hall–Kier alpha value is -1.03. The summed E-state index contributed by atoms with van der Waals surface area (Å²) in [6, 6.07) is 1.84. The van der Waals surface area contributed by atoms with Crippen molar-refractivity contribution in [1.82, 2.24) is 9.78 Å². The Morgan fingerprint density at radius 1 is 1.50 bits per heavy atom. The molecule has 0 saturated carbocycles. The summed E-state index contributed by atoms with van der Waals surface area (Å²) < 4.78 is 12.0. The highest BCUT2D eigenvalue weighted by Crippen LogP contribution is 2.06. The molecule has 0 bridgehead atoms. The fraction of sp³-hybridized carbons (Fsp3) is 0.625. The highest BCUT2D eigenvalue weighted by atomic mass is 16.5. The molecule has 4 heteroatoms. The van der Waals surface area contributed by atoms with Crippen LogP contribution in [0.1, 0.15) is 6.42 Å². The molecule has 1 aromatic heterocycles. The van der Waals surface area contributed by atoms with Gasteiger partial charge in [0.25, 0.3) is 0 Å². The maximum Gasteiger partial charge on any atom is 0.211 e. The largest absolute Gasteiger partial charge is 0.478 e. The average molecular weight is 170 g/mol. The van der Waals surface area contributed by atoms with E-state index < -0.39 is 0 Å². The maximum atomic E-state index is 5.40. The van der Waals surface area contributed by atoms with E-state index in [-0.39, 0.29) is 0 Å². The Morgan fingerprint density at radius 3 is 2.92 bits per heavy atom. The average Bonchev–Trinajstić information content (AvgIpc) is 2.46. The Balaban J connectivity index is 2.20. The van der Waals surface area contributed by atoms with Crippen molar-refractivity contribution in [2.24, 2.45) is 7.05 Å². The standard InChI is InChI=1S/C8H14N2O2/c1-10-8(4-5-9-10)12-7-3-6-11-2/h4-5H,3,6-7H2,1-2H3. The van der Waals surface area contributed by atoms with Crippen LogP contribution >= 0.6 is 0 Å². The molecule has 68 valence electrons. The van der Waals surface area contributed by atoms with E-state index >= 15 is 0 Å². The molecule has 0 amide bonds. The minimum absolute atomic E-state index is 0.674. The molecular formula is C8H14N2O2. The lowest BCUT2D eigenvalue weighted by Crippen LogP contribution is -2.04. The lowest BCUT2D eigenvalue weighted by Gasteiger charge is -2.04. The zero-order valence-corrected chi connectivity index (χ0v) is 7.49. The summed E-state index contributed by atoms with van der Waals surface area (Å²) in [5.74, 6) is 0.797. The number of aromatic nitrogens is 2. The van der Waals surface area contributed by atoms with Gasteiger partial charge >= 0.3 is 0 Å². The van der Waals surface area contributed by atoms with Crippen LogP contribution in [0, 0.1) is 0 Å². The number of nitrogens with zero attached hydrogens (tertiary/aromatic N) is 2. The number of rotatable bonds is 5. The molecular weight excluding hydrogens is 156 g/mol. The Kier molecular flexibility index (Phi) is 3.60. The van der Waals surface area contributed by atoms with Crippen molar-refractivity contribution in [3.05, 3.63) is 12.3 Å². The number of hydrogen-bond donors (Lipinski definition) is 0. The van der Waals surface area contributed by atoms with E-state index in [4.69, 9.17) is 9.47 Å². The van der Waals surface area contributed by atoms with E-state index in [9.17, 15) is 0 Å². The number of hydrogen-bond acceptors (Lipinski definition) is 3. The minimum atomic E-state index is 0.674. The Morgan fingerprint density at radius 2 is 2.33 bits per heavy atom. The van der Waals surface area contributed by atoms with Gasteiger partial charge in [-0.25, -0.2) is 4.68 Å². The van der Waals surface area contributed by atoms with E-state index in [0.29, 0.717) is 6.61 Å². The van der Waals surface area contributed by atoms with Gasteiger partial charge in [-0.2, -0.15) is 5.10 Å². The molecule has 0 fully saturated rings. The summed E-state index contributed by atoms with van der Waals surface area (Å²) >= 11 is 0. The van der Waals surface area contributed by atoms with Gasteiger partial charge in [-0.15, -0.1) is 0 Å². The smallest absolute Gasteiger partial charge is 0.211 e. The van der Waals surface area contributed by atoms with Crippen LogP contribution < -0.4 is 4.74 Å². The third-order valence-corrected chi connectivity index (χ3v) is 1.52. The van der Waals surface area contributed by atoms with Crippen molar-refractivity contribution < 1.29 is 9.47 Å². The van der Waals surface area contributed by atoms with Crippen molar-refractivity contribution in [1.29, 1.82) is 0 Å². The lowest BCUT2D eigenvalue weighted by molar-refractivity contribution is 0.168. The van der Waals surface area contributed by atoms with Crippen LogP contribution in [0.5, 0.6) is 5.88 Å². The van der Waals surface area contributed by atoms with Gasteiger partial charge in [0.1, 0.15) is 0 Å². The first-order valence-electron chi connectivity index (χ1n) is 3.94. The minimum Gasteiger partial charge on any atom is -0.478 e. The molecule has 0 saturated heterocycles. The predicted octanol–water partition coefficient (Wildman–Crippen LogP) is 0.835. The third-order valence-electron chi connectivity index (χ3n) is 1.52. The lowest BCUT2D eigenvalue weighted by atomic mass is 10.5. The molecule has 0 aliphatic rings. The summed E-state index contributed by atoms with van der Waals surface area (Å²) in [6.45, 7) is 1.41. The van der Waals surface area contributed by atoms with Gasteiger partial charge < -0.3 is 9.47 Å². The second kappa shape index (κ2) is 4.77. The number of ether oxygens (including phenoxy) is 2. The Bertz CT molecular complexity index is 223. The SMILES string of the molecule is COCCCOc1ccnn1C. The van der Waals surface area contributed by atoms with Crippen LogP contribution in [0.3, 0.4) is 0 Å². The summed E-state index contributed by atoms with van der Waals surface area (Å²) in [4.78, 5) is 0. The van der Waals surface area contributed by atoms with E-state index in [2.05, 4.69) is 5.10 Å². The second-order valence-corrected chi connectivity index (χ2v) is 2.49. The van der Waals surface area contributed by atoms with Crippen LogP contribution in [0.4, 0.5) is 0 Å².